The van der Waals surface area contributed by atoms with Gasteiger partial charge in [0.15, 0.2) is 0 Å². The predicted octanol–water partition coefficient (Wildman–Crippen LogP) is 5.69. The van der Waals surface area contributed by atoms with Gasteiger partial charge in [0, 0.05) is 0 Å². The van der Waals surface area contributed by atoms with Crippen molar-refractivity contribution < 1.29 is 25.3 Å². The SMILES string of the molecule is CC1=C(C)C(C)[C]([Hf]([NH]C23CC4CC(CC(F)(C4)C2)C3)[SiH](C)c2ccccc2)=C1C. The van der Waals surface area contributed by atoms with E-state index >= 15 is 4.39 Å². The number of benzene rings is 1. The van der Waals surface area contributed by atoms with Gasteiger partial charge in [-0.1, -0.05) is 0 Å². The third-order valence-corrected chi connectivity index (χ3v) is 35.8. The molecule has 1 aromatic rings. The van der Waals surface area contributed by atoms with Crippen LogP contribution in [0.3, 0.4) is 0 Å². The maximum absolute atomic E-state index is 15.7. The van der Waals surface area contributed by atoms with Crippen LogP contribution in [0.25, 0.3) is 0 Å². The van der Waals surface area contributed by atoms with Gasteiger partial charge in [0.05, 0.1) is 0 Å². The van der Waals surface area contributed by atoms with E-state index in [1.807, 2.05) is 3.33 Å². The Bertz CT molecular complexity index is 893. The third-order valence-electron chi connectivity index (χ3n) is 9.05. The number of alkyl halides is 1. The predicted molar refractivity (Wildman–Crippen MR) is 124 cm³/mol. The first-order valence-electron chi connectivity index (χ1n) is 12.0. The zero-order valence-corrected chi connectivity index (χ0v) is 24.1. The topological polar surface area (TPSA) is 12.0 Å². The van der Waals surface area contributed by atoms with Crippen molar-refractivity contribution in [3.63, 3.8) is 0 Å². The average Bonchev–Trinajstić information content (AvgIpc) is 2.87. The summed E-state index contributed by atoms with van der Waals surface area (Å²) in [5.41, 5.74) is 3.93. The number of nitrogens with one attached hydrogen (secondary N) is 1. The van der Waals surface area contributed by atoms with E-state index in [0.29, 0.717) is 17.8 Å². The van der Waals surface area contributed by atoms with Crippen LogP contribution < -0.4 is 8.49 Å². The first-order chi connectivity index (χ1) is 14.2. The molecule has 30 heavy (non-hydrogen) atoms. The van der Waals surface area contributed by atoms with Gasteiger partial charge >= 0.3 is 192 Å². The van der Waals surface area contributed by atoms with Crippen LogP contribution >= 0.6 is 0 Å². The zero-order chi connectivity index (χ0) is 21.3. The Hall–Kier alpha value is -0.323. The fraction of sp³-hybridized carbons (Fsp3) is 0.615. The monoisotopic (exact) mass is 590 g/mol. The molecule has 4 fully saturated rings. The minimum absolute atomic E-state index is 0.106. The van der Waals surface area contributed by atoms with Crippen LogP contribution in [0, 0.1) is 17.8 Å². The Kier molecular flexibility index (Phi) is 5.47. The molecule has 4 heteroatoms. The Balaban J connectivity index is 1.53. The zero-order valence-electron chi connectivity index (χ0n) is 19.3. The Morgan fingerprint density at radius 1 is 1.00 bits per heavy atom. The minimum atomic E-state index is -2.40. The molecule has 5 aliphatic rings. The summed E-state index contributed by atoms with van der Waals surface area (Å²) in [6.07, 6.45) is 6.26. The Morgan fingerprint density at radius 2 is 1.63 bits per heavy atom. The van der Waals surface area contributed by atoms with Crippen molar-refractivity contribution in [3.05, 3.63) is 50.4 Å². The summed E-state index contributed by atoms with van der Waals surface area (Å²) in [4.78, 5) is 0. The molecule has 161 valence electrons. The Morgan fingerprint density at radius 3 is 2.17 bits per heavy atom. The molecule has 1 N–H and O–H groups in total. The molecule has 4 atom stereocenters. The molecule has 0 saturated heterocycles. The van der Waals surface area contributed by atoms with E-state index in [9.17, 15) is 0 Å². The van der Waals surface area contributed by atoms with Crippen LogP contribution in [0.4, 0.5) is 4.39 Å². The van der Waals surface area contributed by atoms with Crippen LogP contribution in [0.1, 0.15) is 66.2 Å². The van der Waals surface area contributed by atoms with Crippen molar-refractivity contribution in [1.29, 1.82) is 0 Å². The molecule has 0 amide bonds. The summed E-state index contributed by atoms with van der Waals surface area (Å²) in [7, 11) is 0. The van der Waals surface area contributed by atoms with Gasteiger partial charge in [-0.3, -0.25) is 0 Å². The molecule has 4 unspecified atom stereocenters. The first-order valence-corrected chi connectivity index (χ1v) is 24.1. The standard InChI is InChI=1S/C10H15FN.C9H13.C7H9Si.Hf/c11-9-2-7-1-8(3-9)5-10(12,4-7)6-9;1-6-5-7(2)9(4)8(6)3;1-8-7-5-3-2-4-6-7;/h7-8,12H,1-6H2;6H,1-4H3;2-6,8H,1H3;/q-1;;;+1. The summed E-state index contributed by atoms with van der Waals surface area (Å²) in [5.74, 6) is 0.726. The molecule has 0 spiro atoms. The molecule has 0 radical (unpaired) electrons. The van der Waals surface area contributed by atoms with Crippen LogP contribution in [0.15, 0.2) is 50.4 Å². The van der Waals surface area contributed by atoms with Gasteiger partial charge in [-0.2, -0.15) is 0 Å². The van der Waals surface area contributed by atoms with Gasteiger partial charge in [0.1, 0.15) is 0 Å². The Labute approximate surface area is 191 Å². The number of allylic oxidation sites excluding steroid dienone is 4. The molecule has 1 aromatic carbocycles. The van der Waals surface area contributed by atoms with Crippen molar-refractivity contribution in [2.45, 2.75) is 84.0 Å². The van der Waals surface area contributed by atoms with Gasteiger partial charge < -0.3 is 0 Å². The number of hydrogen-bond donors (Lipinski definition) is 1. The van der Waals surface area contributed by atoms with Crippen molar-refractivity contribution in [2.24, 2.45) is 17.8 Å². The van der Waals surface area contributed by atoms with Crippen molar-refractivity contribution in [1.82, 2.24) is 3.30 Å². The van der Waals surface area contributed by atoms with Crippen molar-refractivity contribution in [2.75, 3.05) is 0 Å². The second kappa shape index (κ2) is 7.62. The van der Waals surface area contributed by atoms with E-state index in [4.69, 9.17) is 0 Å². The molecule has 4 saturated carbocycles. The summed E-state index contributed by atoms with van der Waals surface area (Å²) in [5, 5.41) is 1.61. The van der Waals surface area contributed by atoms with Crippen molar-refractivity contribution in [3.8, 4) is 0 Å². The molecular weight excluding hydrogens is 552 g/mol. The quantitative estimate of drug-likeness (QED) is 0.436. The van der Waals surface area contributed by atoms with Crippen LogP contribution in [0.2, 0.25) is 6.55 Å². The number of rotatable bonds is 5. The van der Waals surface area contributed by atoms with E-state index in [1.54, 1.807) is 16.3 Å². The molecular formula is C26H37FHfNSi. The first kappa shape index (κ1) is 21.5. The summed E-state index contributed by atoms with van der Waals surface area (Å²) in [6, 6.07) is 11.3. The van der Waals surface area contributed by atoms with Crippen LogP contribution in [-0.2, 0) is 20.9 Å². The van der Waals surface area contributed by atoms with Crippen LogP contribution in [-0.4, -0.2) is 17.2 Å². The fourth-order valence-electron chi connectivity index (χ4n) is 7.70. The van der Waals surface area contributed by atoms with Gasteiger partial charge in [0.25, 0.3) is 0 Å². The summed E-state index contributed by atoms with van der Waals surface area (Å²) in [6.45, 7) is 12.1. The summed E-state index contributed by atoms with van der Waals surface area (Å²) >= 11 is -2.40. The molecule has 5 aliphatic carbocycles. The van der Waals surface area contributed by atoms with Gasteiger partial charge in [0.2, 0.25) is 0 Å². The maximum atomic E-state index is 15.7. The number of hydrogen-bond acceptors (Lipinski definition) is 1. The van der Waals surface area contributed by atoms with Crippen molar-refractivity contribution >= 4 is 11.2 Å². The third kappa shape index (κ3) is 3.53. The molecule has 1 nitrogen and oxygen atoms in total. The molecule has 6 rings (SSSR count). The molecule has 0 aliphatic heterocycles. The van der Waals surface area contributed by atoms with E-state index in [-0.39, 0.29) is 5.54 Å². The van der Waals surface area contributed by atoms with E-state index in [0.717, 1.165) is 19.3 Å². The average molecular weight is 589 g/mol. The van der Waals surface area contributed by atoms with E-state index in [1.165, 1.54) is 24.8 Å². The van der Waals surface area contributed by atoms with Gasteiger partial charge in [-0.15, -0.1) is 0 Å². The number of halogens is 1. The van der Waals surface area contributed by atoms with E-state index in [2.05, 4.69) is 67.9 Å². The summed E-state index contributed by atoms with van der Waals surface area (Å²) < 4.78 is 22.0. The van der Waals surface area contributed by atoms with Crippen LogP contribution in [0.5, 0.6) is 0 Å². The molecule has 0 heterocycles. The second-order valence-electron chi connectivity index (χ2n) is 11.1. The molecule has 4 bridgehead atoms. The van der Waals surface area contributed by atoms with Gasteiger partial charge in [-0.05, 0) is 0 Å². The fourth-order valence-corrected chi connectivity index (χ4v) is 37.0. The van der Waals surface area contributed by atoms with E-state index < -0.39 is 32.5 Å². The molecule has 0 aromatic heterocycles. The second-order valence-corrected chi connectivity index (χ2v) is 33.1. The van der Waals surface area contributed by atoms with Gasteiger partial charge in [-0.25, -0.2) is 0 Å². The normalized spacial score (nSPS) is 38.5.